The molecule has 152 valence electrons. The number of allylic oxidation sites excluding steroid dienone is 3. The van der Waals surface area contributed by atoms with E-state index in [0.29, 0.717) is 29.4 Å². The maximum absolute atomic E-state index is 13.7. The van der Waals surface area contributed by atoms with E-state index in [1.807, 2.05) is 19.9 Å². The number of hydrogen-bond donors (Lipinski definition) is 0. The van der Waals surface area contributed by atoms with Crippen LogP contribution in [0.5, 0.6) is 0 Å². The first kappa shape index (κ1) is 20.6. The van der Waals surface area contributed by atoms with Crippen LogP contribution >= 0.6 is 0 Å². The van der Waals surface area contributed by atoms with Crippen molar-refractivity contribution >= 4 is 17.5 Å². The van der Waals surface area contributed by atoms with Crippen molar-refractivity contribution in [3.8, 4) is 0 Å². The summed E-state index contributed by atoms with van der Waals surface area (Å²) < 4.78 is 16.3. The van der Waals surface area contributed by atoms with Crippen LogP contribution < -0.4 is 0 Å². The van der Waals surface area contributed by atoms with Crippen LogP contribution in [0.25, 0.3) is 0 Å². The van der Waals surface area contributed by atoms with Crippen molar-refractivity contribution in [2.75, 3.05) is 20.3 Å². The number of Topliss-reactive ketones (excluding diaryl/α,β-unsaturated/α-hetero) is 1. The van der Waals surface area contributed by atoms with Gasteiger partial charge in [0.05, 0.1) is 37.0 Å². The van der Waals surface area contributed by atoms with E-state index in [-0.39, 0.29) is 23.9 Å². The van der Waals surface area contributed by atoms with Crippen LogP contribution in [0.15, 0.2) is 65.2 Å². The van der Waals surface area contributed by atoms with E-state index in [0.717, 1.165) is 0 Å². The fourth-order valence-electron chi connectivity index (χ4n) is 3.61. The van der Waals surface area contributed by atoms with Crippen LogP contribution in [0.1, 0.15) is 41.5 Å². The zero-order valence-corrected chi connectivity index (χ0v) is 17.1. The standard InChI is InChI=1S/C23H25NO5/c1-5-28-20-14-18-17(13-19(20)27-4)23(3,11-12-24-18)21(25)15-9-7-8-10-16(15)22(26)29-6-2/h7-14,17H,5-6H2,1-4H3. The van der Waals surface area contributed by atoms with Gasteiger partial charge in [-0.1, -0.05) is 24.3 Å². The molecular weight excluding hydrogens is 370 g/mol. The Hall–Kier alpha value is -3.15. The minimum atomic E-state index is -0.947. The summed E-state index contributed by atoms with van der Waals surface area (Å²) in [5.74, 6) is 0.0963. The molecule has 0 spiro atoms. The Balaban J connectivity index is 2.03. The first-order valence-corrected chi connectivity index (χ1v) is 9.63. The van der Waals surface area contributed by atoms with Gasteiger partial charge in [0.25, 0.3) is 0 Å². The van der Waals surface area contributed by atoms with Crippen LogP contribution in [0.2, 0.25) is 0 Å². The fourth-order valence-corrected chi connectivity index (χ4v) is 3.61. The van der Waals surface area contributed by atoms with Gasteiger partial charge >= 0.3 is 5.97 Å². The van der Waals surface area contributed by atoms with Crippen LogP contribution in [-0.4, -0.2) is 37.8 Å². The summed E-state index contributed by atoms with van der Waals surface area (Å²) in [6, 6.07) is 6.73. The first-order valence-electron chi connectivity index (χ1n) is 9.63. The Morgan fingerprint density at radius 1 is 1.10 bits per heavy atom. The summed E-state index contributed by atoms with van der Waals surface area (Å²) >= 11 is 0. The average Bonchev–Trinajstić information content (AvgIpc) is 2.73. The van der Waals surface area contributed by atoms with Crippen LogP contribution in [0.3, 0.4) is 0 Å². The molecule has 2 aliphatic rings. The number of nitrogens with zero attached hydrogens (tertiary/aromatic N) is 1. The Morgan fingerprint density at radius 2 is 1.83 bits per heavy atom. The minimum absolute atomic E-state index is 0.185. The molecule has 0 fully saturated rings. The number of aliphatic imine (C=N–C) groups is 1. The highest BCUT2D eigenvalue weighted by atomic mass is 16.5. The van der Waals surface area contributed by atoms with E-state index in [4.69, 9.17) is 14.2 Å². The van der Waals surface area contributed by atoms with Crippen molar-refractivity contribution in [1.82, 2.24) is 0 Å². The van der Waals surface area contributed by atoms with Gasteiger partial charge in [0, 0.05) is 23.8 Å². The molecule has 6 nitrogen and oxygen atoms in total. The molecule has 1 aromatic rings. The summed E-state index contributed by atoms with van der Waals surface area (Å²) in [6.07, 6.45) is 7.06. The maximum Gasteiger partial charge on any atom is 0.338 e. The van der Waals surface area contributed by atoms with Gasteiger partial charge in [-0.25, -0.2) is 4.79 Å². The molecule has 2 unspecified atom stereocenters. The normalized spacial score (nSPS) is 22.6. The third-order valence-corrected chi connectivity index (χ3v) is 5.12. The Bertz CT molecular complexity index is 940. The van der Waals surface area contributed by atoms with E-state index in [9.17, 15) is 9.59 Å². The highest BCUT2D eigenvalue weighted by Gasteiger charge is 2.45. The number of ether oxygens (including phenoxy) is 3. The van der Waals surface area contributed by atoms with Gasteiger partial charge in [0.15, 0.2) is 17.3 Å². The van der Waals surface area contributed by atoms with Gasteiger partial charge in [-0.2, -0.15) is 0 Å². The van der Waals surface area contributed by atoms with E-state index >= 15 is 0 Å². The lowest BCUT2D eigenvalue weighted by Gasteiger charge is -2.36. The topological polar surface area (TPSA) is 74.2 Å². The number of fused-ring (bicyclic) bond motifs is 1. The Labute approximate surface area is 170 Å². The number of ketones is 1. The molecule has 1 aliphatic heterocycles. The lowest BCUT2D eigenvalue weighted by molar-refractivity contribution is 0.0521. The molecule has 0 bridgehead atoms. The fraction of sp³-hybridized carbons (Fsp3) is 0.348. The van der Waals surface area contributed by atoms with Crippen molar-refractivity contribution in [1.29, 1.82) is 0 Å². The molecule has 2 atom stereocenters. The van der Waals surface area contributed by atoms with Crippen molar-refractivity contribution < 1.29 is 23.8 Å². The zero-order valence-electron chi connectivity index (χ0n) is 17.1. The molecule has 0 N–H and O–H groups in total. The van der Waals surface area contributed by atoms with Crippen molar-refractivity contribution in [2.24, 2.45) is 16.3 Å². The van der Waals surface area contributed by atoms with Gasteiger partial charge in [-0.05, 0) is 32.9 Å². The number of hydrogen-bond acceptors (Lipinski definition) is 6. The van der Waals surface area contributed by atoms with E-state index in [2.05, 4.69) is 4.99 Å². The summed E-state index contributed by atoms with van der Waals surface area (Å²) in [5.41, 5.74) is 0.348. The van der Waals surface area contributed by atoms with Crippen LogP contribution in [-0.2, 0) is 14.2 Å². The number of methoxy groups -OCH3 is 1. The quantitative estimate of drug-likeness (QED) is 0.513. The SMILES string of the molecule is CCOC(=O)c1ccccc1C(=O)C1(C)C=CN=C2C=C(OCC)C(OC)=CC21. The monoisotopic (exact) mass is 395 g/mol. The molecular formula is C23H25NO5. The third kappa shape index (κ3) is 3.75. The van der Waals surface area contributed by atoms with Gasteiger partial charge in [0.1, 0.15) is 0 Å². The van der Waals surface area contributed by atoms with Gasteiger partial charge in [0.2, 0.25) is 0 Å². The molecule has 0 amide bonds. The predicted molar refractivity (Wildman–Crippen MR) is 110 cm³/mol. The van der Waals surface area contributed by atoms with Crippen LogP contribution in [0.4, 0.5) is 0 Å². The summed E-state index contributed by atoms with van der Waals surface area (Å²) in [6.45, 7) is 6.20. The second-order valence-corrected chi connectivity index (χ2v) is 6.90. The molecule has 29 heavy (non-hydrogen) atoms. The third-order valence-electron chi connectivity index (χ3n) is 5.12. The van der Waals surface area contributed by atoms with E-state index in [1.54, 1.807) is 56.7 Å². The summed E-state index contributed by atoms with van der Waals surface area (Å²) in [5, 5.41) is 0. The molecule has 0 aromatic heterocycles. The first-order chi connectivity index (χ1) is 14.0. The molecule has 1 heterocycles. The van der Waals surface area contributed by atoms with E-state index < -0.39 is 11.4 Å². The number of esters is 1. The van der Waals surface area contributed by atoms with Gasteiger partial charge < -0.3 is 14.2 Å². The second-order valence-electron chi connectivity index (χ2n) is 6.90. The van der Waals surface area contributed by atoms with Crippen molar-refractivity contribution in [3.63, 3.8) is 0 Å². The lowest BCUT2D eigenvalue weighted by Crippen LogP contribution is -2.41. The Morgan fingerprint density at radius 3 is 2.48 bits per heavy atom. The molecule has 1 aromatic carbocycles. The molecule has 0 saturated carbocycles. The number of carbonyl (C=O) groups excluding carboxylic acids is 2. The van der Waals surface area contributed by atoms with Gasteiger partial charge in [-0.3, -0.25) is 9.79 Å². The maximum atomic E-state index is 13.7. The van der Waals surface area contributed by atoms with E-state index in [1.165, 1.54) is 0 Å². The number of carbonyl (C=O) groups is 2. The van der Waals surface area contributed by atoms with Crippen LogP contribution in [0, 0.1) is 11.3 Å². The molecule has 1 aliphatic carbocycles. The zero-order chi connectivity index (χ0) is 21.0. The number of rotatable bonds is 7. The summed E-state index contributed by atoms with van der Waals surface area (Å²) in [4.78, 5) is 30.5. The summed E-state index contributed by atoms with van der Waals surface area (Å²) in [7, 11) is 1.56. The van der Waals surface area contributed by atoms with Gasteiger partial charge in [-0.15, -0.1) is 0 Å². The minimum Gasteiger partial charge on any atom is -0.493 e. The lowest BCUT2D eigenvalue weighted by atomic mass is 9.67. The van der Waals surface area contributed by atoms with Crippen molar-refractivity contribution in [3.05, 3.63) is 71.3 Å². The smallest absolute Gasteiger partial charge is 0.338 e. The largest absolute Gasteiger partial charge is 0.493 e. The number of benzene rings is 1. The molecule has 3 rings (SSSR count). The predicted octanol–water partition coefficient (Wildman–Crippen LogP) is 4.10. The highest BCUT2D eigenvalue weighted by Crippen LogP contribution is 2.42. The molecule has 0 saturated heterocycles. The highest BCUT2D eigenvalue weighted by molar-refractivity contribution is 6.13. The van der Waals surface area contributed by atoms with Crippen molar-refractivity contribution in [2.45, 2.75) is 20.8 Å². The molecule has 0 radical (unpaired) electrons. The molecule has 6 heteroatoms. The Kier molecular flexibility index (Phi) is 6.01. The second kappa shape index (κ2) is 8.47. The average molecular weight is 395 g/mol.